The number of hydrogen-bond acceptors (Lipinski definition) is 3. The fraction of sp³-hybridized carbons (Fsp3) is 0.500. The molecule has 2 N–H and O–H groups in total. The van der Waals surface area contributed by atoms with Gasteiger partial charge in [0.05, 0.1) is 11.9 Å². The highest BCUT2D eigenvalue weighted by molar-refractivity contribution is 7.89. The summed E-state index contributed by atoms with van der Waals surface area (Å²) >= 11 is 0. The first-order valence-electron chi connectivity index (χ1n) is 5.85. The van der Waals surface area contributed by atoms with Gasteiger partial charge in [-0.2, -0.15) is 0 Å². The Labute approximate surface area is 107 Å². The van der Waals surface area contributed by atoms with Crippen molar-refractivity contribution in [2.75, 3.05) is 12.3 Å². The monoisotopic (exact) mass is 275 g/mol. The van der Waals surface area contributed by atoms with Gasteiger partial charge in [-0.3, -0.25) is 0 Å². The van der Waals surface area contributed by atoms with Crippen molar-refractivity contribution in [2.45, 2.75) is 25.9 Å². The maximum absolute atomic E-state index is 12.9. The summed E-state index contributed by atoms with van der Waals surface area (Å²) in [4.78, 5) is 0. The van der Waals surface area contributed by atoms with E-state index in [1.54, 1.807) is 6.07 Å². The number of aliphatic hydroxyl groups excluding tert-OH is 1. The fourth-order valence-electron chi connectivity index (χ4n) is 1.44. The van der Waals surface area contributed by atoms with Gasteiger partial charge in [0.25, 0.3) is 0 Å². The number of rotatable bonds is 7. The van der Waals surface area contributed by atoms with Crippen molar-refractivity contribution in [2.24, 2.45) is 0 Å². The van der Waals surface area contributed by atoms with Crippen molar-refractivity contribution in [3.05, 3.63) is 35.6 Å². The van der Waals surface area contributed by atoms with Crippen LogP contribution in [-0.4, -0.2) is 25.8 Å². The largest absolute Gasteiger partial charge is 0.387 e. The molecule has 0 amide bonds. The summed E-state index contributed by atoms with van der Waals surface area (Å²) in [5.74, 6) is -0.417. The van der Waals surface area contributed by atoms with Gasteiger partial charge in [0.15, 0.2) is 0 Å². The molecule has 1 rings (SSSR count). The number of hydrogen-bond donors (Lipinski definition) is 2. The Kier molecular flexibility index (Phi) is 5.71. The van der Waals surface area contributed by atoms with Crippen LogP contribution in [0.4, 0.5) is 4.39 Å². The first-order valence-corrected chi connectivity index (χ1v) is 7.50. The van der Waals surface area contributed by atoms with Crippen molar-refractivity contribution >= 4 is 10.0 Å². The van der Waals surface area contributed by atoms with E-state index in [1.807, 2.05) is 6.92 Å². The van der Waals surface area contributed by atoms with Gasteiger partial charge in [-0.05, 0) is 24.1 Å². The second-order valence-electron chi connectivity index (χ2n) is 4.09. The first kappa shape index (κ1) is 15.1. The molecule has 0 aliphatic carbocycles. The molecule has 102 valence electrons. The summed E-state index contributed by atoms with van der Waals surface area (Å²) in [6.45, 7) is 1.76. The zero-order valence-electron chi connectivity index (χ0n) is 10.3. The molecule has 0 aliphatic rings. The van der Waals surface area contributed by atoms with E-state index in [1.165, 1.54) is 18.2 Å². The van der Waals surface area contributed by atoms with Crippen molar-refractivity contribution < 1.29 is 17.9 Å². The number of unbranched alkanes of at least 4 members (excludes halogenated alkanes) is 1. The lowest BCUT2D eigenvalue weighted by atomic mass is 10.1. The molecular formula is C12H18FNO3S. The Balaban J connectivity index is 2.53. The van der Waals surface area contributed by atoms with Crippen LogP contribution in [0.2, 0.25) is 0 Å². The average Bonchev–Trinajstić information content (AvgIpc) is 2.34. The molecule has 1 unspecified atom stereocenters. The summed E-state index contributed by atoms with van der Waals surface area (Å²) in [7, 11) is -3.36. The third-order valence-corrected chi connectivity index (χ3v) is 3.93. The standard InChI is InChI=1S/C12H18FNO3S/c1-2-3-7-18(16,17)14-9-12(15)10-5-4-6-11(13)8-10/h4-6,8,12,14-15H,2-3,7,9H2,1H3. The molecule has 4 nitrogen and oxygen atoms in total. The van der Waals surface area contributed by atoms with Crippen LogP contribution in [0.25, 0.3) is 0 Å². The van der Waals surface area contributed by atoms with Crippen LogP contribution in [-0.2, 0) is 10.0 Å². The van der Waals surface area contributed by atoms with E-state index >= 15 is 0 Å². The zero-order valence-corrected chi connectivity index (χ0v) is 11.1. The lowest BCUT2D eigenvalue weighted by molar-refractivity contribution is 0.181. The summed E-state index contributed by atoms with van der Waals surface area (Å²) < 4.78 is 38.2. The van der Waals surface area contributed by atoms with Gasteiger partial charge >= 0.3 is 0 Å². The maximum atomic E-state index is 12.9. The van der Waals surface area contributed by atoms with Crippen molar-refractivity contribution in [3.63, 3.8) is 0 Å². The Morgan fingerprint density at radius 1 is 1.44 bits per heavy atom. The minimum atomic E-state index is -3.36. The second kappa shape index (κ2) is 6.82. The average molecular weight is 275 g/mol. The molecule has 0 heterocycles. The SMILES string of the molecule is CCCCS(=O)(=O)NCC(O)c1cccc(F)c1. The minimum Gasteiger partial charge on any atom is -0.387 e. The number of benzene rings is 1. The summed E-state index contributed by atoms with van der Waals surface area (Å²) in [5.41, 5.74) is 0.355. The lowest BCUT2D eigenvalue weighted by Crippen LogP contribution is -2.30. The highest BCUT2D eigenvalue weighted by Gasteiger charge is 2.14. The summed E-state index contributed by atoms with van der Waals surface area (Å²) in [5, 5.41) is 9.74. The summed E-state index contributed by atoms with van der Waals surface area (Å²) in [6.07, 6.45) is 0.316. The topological polar surface area (TPSA) is 66.4 Å². The molecule has 0 saturated carbocycles. The third kappa shape index (κ3) is 5.12. The molecule has 1 aromatic carbocycles. The van der Waals surface area contributed by atoms with E-state index in [0.717, 1.165) is 6.42 Å². The van der Waals surface area contributed by atoms with Crippen LogP contribution >= 0.6 is 0 Å². The molecule has 0 aromatic heterocycles. The summed E-state index contributed by atoms with van der Waals surface area (Å²) in [6, 6.07) is 5.47. The lowest BCUT2D eigenvalue weighted by Gasteiger charge is -2.12. The third-order valence-electron chi connectivity index (χ3n) is 2.50. The molecule has 1 aromatic rings. The molecule has 0 aliphatic heterocycles. The molecule has 18 heavy (non-hydrogen) atoms. The van der Waals surface area contributed by atoms with Crippen LogP contribution in [0, 0.1) is 5.82 Å². The van der Waals surface area contributed by atoms with Crippen LogP contribution < -0.4 is 4.72 Å². The van der Waals surface area contributed by atoms with Gasteiger partial charge in [-0.15, -0.1) is 0 Å². The first-order chi connectivity index (χ1) is 8.44. The van der Waals surface area contributed by atoms with Crippen molar-refractivity contribution in [1.82, 2.24) is 4.72 Å². The molecule has 0 bridgehead atoms. The van der Waals surface area contributed by atoms with E-state index in [2.05, 4.69) is 4.72 Å². The van der Waals surface area contributed by atoms with Crippen LogP contribution in [0.3, 0.4) is 0 Å². The van der Waals surface area contributed by atoms with Gasteiger partial charge < -0.3 is 5.11 Å². The van der Waals surface area contributed by atoms with Gasteiger partial charge in [0, 0.05) is 6.54 Å². The van der Waals surface area contributed by atoms with Crippen LogP contribution in [0.5, 0.6) is 0 Å². The minimum absolute atomic E-state index is 0.0410. The second-order valence-corrected chi connectivity index (χ2v) is 6.02. The maximum Gasteiger partial charge on any atom is 0.211 e. The number of sulfonamides is 1. The zero-order chi connectivity index (χ0) is 13.6. The number of nitrogens with one attached hydrogen (secondary N) is 1. The molecule has 0 saturated heterocycles. The number of aliphatic hydroxyl groups is 1. The van der Waals surface area contributed by atoms with Gasteiger partial charge in [0.1, 0.15) is 5.82 Å². The smallest absolute Gasteiger partial charge is 0.211 e. The molecule has 6 heteroatoms. The highest BCUT2D eigenvalue weighted by atomic mass is 32.2. The van der Waals surface area contributed by atoms with Crippen molar-refractivity contribution in [1.29, 1.82) is 0 Å². The van der Waals surface area contributed by atoms with E-state index in [0.29, 0.717) is 12.0 Å². The van der Waals surface area contributed by atoms with Crippen LogP contribution in [0.1, 0.15) is 31.4 Å². The Morgan fingerprint density at radius 3 is 2.78 bits per heavy atom. The van der Waals surface area contributed by atoms with E-state index in [9.17, 15) is 17.9 Å². The molecular weight excluding hydrogens is 257 g/mol. The van der Waals surface area contributed by atoms with Gasteiger partial charge in [-0.1, -0.05) is 25.5 Å². The van der Waals surface area contributed by atoms with Crippen molar-refractivity contribution in [3.8, 4) is 0 Å². The van der Waals surface area contributed by atoms with E-state index < -0.39 is 21.9 Å². The Bertz CT molecular complexity index is 476. The molecule has 1 atom stereocenters. The van der Waals surface area contributed by atoms with Crippen LogP contribution in [0.15, 0.2) is 24.3 Å². The van der Waals surface area contributed by atoms with E-state index in [-0.39, 0.29) is 12.3 Å². The quantitative estimate of drug-likeness (QED) is 0.794. The highest BCUT2D eigenvalue weighted by Crippen LogP contribution is 2.13. The predicted octanol–water partition coefficient (Wildman–Crippen LogP) is 1.58. The Morgan fingerprint density at radius 2 is 2.17 bits per heavy atom. The Hall–Kier alpha value is -0.980. The normalized spacial score (nSPS) is 13.5. The van der Waals surface area contributed by atoms with E-state index in [4.69, 9.17) is 0 Å². The number of halogens is 1. The molecule has 0 spiro atoms. The van der Waals surface area contributed by atoms with Gasteiger partial charge in [-0.25, -0.2) is 17.5 Å². The molecule has 0 fully saturated rings. The predicted molar refractivity (Wildman–Crippen MR) is 68.1 cm³/mol. The fourth-order valence-corrected chi connectivity index (χ4v) is 2.67. The van der Waals surface area contributed by atoms with Gasteiger partial charge in [0.2, 0.25) is 10.0 Å². The molecule has 0 radical (unpaired) electrons.